The second kappa shape index (κ2) is 17.2. The Labute approximate surface area is 259 Å². The van der Waals surface area contributed by atoms with Crippen LogP contribution in [0.3, 0.4) is 0 Å². The van der Waals surface area contributed by atoms with Crippen molar-refractivity contribution >= 4 is 32.2 Å². The van der Waals surface area contributed by atoms with Crippen molar-refractivity contribution in [1.29, 1.82) is 0 Å². The molecule has 1 aromatic heterocycles. The van der Waals surface area contributed by atoms with Gasteiger partial charge in [0, 0.05) is 24.2 Å². The highest BCUT2D eigenvalue weighted by Gasteiger charge is 2.13. The van der Waals surface area contributed by atoms with Gasteiger partial charge in [-0.2, -0.15) is 0 Å². The monoisotopic (exact) mass is 622 g/mol. The summed E-state index contributed by atoms with van der Waals surface area (Å²) in [6.07, 6.45) is 8.82. The second-order valence-corrected chi connectivity index (χ2v) is 13.7. The highest BCUT2D eigenvalue weighted by molar-refractivity contribution is 7.90. The van der Waals surface area contributed by atoms with Gasteiger partial charge >= 0.3 is 0 Å². The Kier molecular flexibility index (Phi) is 13.4. The van der Waals surface area contributed by atoms with Crippen LogP contribution >= 0.6 is 11.3 Å². The molecular weight excluding hydrogens is 581 g/mol. The number of allylic oxidation sites excluding steroid dienone is 4. The quantitative estimate of drug-likeness (QED) is 0.112. The molecule has 2 aromatic carbocycles. The molecule has 0 bridgehead atoms. The van der Waals surface area contributed by atoms with Crippen molar-refractivity contribution in [3.8, 4) is 0 Å². The minimum Gasteiger partial charge on any atom is -0.402 e. The van der Waals surface area contributed by atoms with Crippen LogP contribution in [0.4, 0.5) is 5.13 Å². The number of nitrogens with one attached hydrogen (secondary N) is 2. The average Bonchev–Trinajstić information content (AvgIpc) is 3.40. The molecule has 3 rings (SSSR count). The molecule has 1 amide bonds. The third-order valence-electron chi connectivity index (χ3n) is 6.43. The summed E-state index contributed by atoms with van der Waals surface area (Å²) >= 11 is 1.52. The molecule has 6 N–H and O–H groups in total. The number of nitrogens with zero attached hydrogens (tertiary/aromatic N) is 2. The number of rotatable bonds is 18. The fourth-order valence-corrected chi connectivity index (χ4v) is 6.67. The molecule has 0 unspecified atom stereocenters. The lowest BCUT2D eigenvalue weighted by atomic mass is 10.1. The highest BCUT2D eigenvalue weighted by atomic mass is 32.2. The number of amides is 1. The number of benzene rings is 2. The van der Waals surface area contributed by atoms with E-state index < -0.39 is 9.84 Å². The number of nitrogens with two attached hydrogens (primary N) is 2. The Morgan fingerprint density at radius 2 is 1.70 bits per heavy atom. The minimum atomic E-state index is -3.17. The molecule has 0 aliphatic carbocycles. The number of carbonyl (C=O) groups excluding carboxylic acids is 1. The van der Waals surface area contributed by atoms with Crippen molar-refractivity contribution in [2.75, 3.05) is 11.1 Å². The maximum Gasteiger partial charge on any atom is 0.229 e. The predicted octanol–water partition coefficient (Wildman–Crippen LogP) is 5.14. The van der Waals surface area contributed by atoms with Crippen molar-refractivity contribution in [2.45, 2.75) is 64.0 Å². The molecule has 0 saturated carbocycles. The first-order chi connectivity index (χ1) is 20.6. The molecule has 0 saturated heterocycles. The van der Waals surface area contributed by atoms with Gasteiger partial charge in [0.1, 0.15) is 10.8 Å². The number of hydrogen-bond donors (Lipinski definition) is 4. The molecule has 1 heterocycles. The van der Waals surface area contributed by atoms with Crippen LogP contribution in [0.2, 0.25) is 0 Å². The van der Waals surface area contributed by atoms with Crippen LogP contribution in [-0.2, 0) is 39.6 Å². The van der Waals surface area contributed by atoms with Crippen LogP contribution in [-0.4, -0.2) is 30.3 Å². The number of unbranched alkanes of at least 4 members (excludes halogenated alkanes) is 2. The van der Waals surface area contributed by atoms with E-state index in [4.69, 9.17) is 11.5 Å². The standard InChI is InChI=1S/C32H42N6O3S2/c1-3-4-19-43(40,41)23-27-14-10-13-26(21-27)22-30(39)36-29(34)18-17-28(33)15-8-9-16-31-37-38-32(42-31)35-24(2)20-25-11-6-5-7-12-25/h5-7,10-14,17-18,21H,2-4,8-9,15-16,19-20,22-23,33-34H2,1H3,(H,35,38)(H,36,39)/b28-17-,29-18+. The van der Waals surface area contributed by atoms with E-state index in [0.717, 1.165) is 53.5 Å². The van der Waals surface area contributed by atoms with Crippen LogP contribution in [0.1, 0.15) is 60.7 Å². The van der Waals surface area contributed by atoms with E-state index in [1.165, 1.54) is 16.9 Å². The first-order valence-electron chi connectivity index (χ1n) is 14.4. The van der Waals surface area contributed by atoms with Gasteiger partial charge in [-0.25, -0.2) is 8.42 Å². The zero-order valence-corrected chi connectivity index (χ0v) is 26.4. The first kappa shape index (κ1) is 33.5. The van der Waals surface area contributed by atoms with E-state index in [9.17, 15) is 13.2 Å². The summed E-state index contributed by atoms with van der Waals surface area (Å²) < 4.78 is 24.5. The Balaban J connectivity index is 1.36. The number of anilines is 1. The number of carbonyl (C=O) groups is 1. The lowest BCUT2D eigenvalue weighted by Crippen LogP contribution is -2.28. The molecule has 43 heavy (non-hydrogen) atoms. The second-order valence-electron chi connectivity index (χ2n) is 10.5. The van der Waals surface area contributed by atoms with Crippen LogP contribution in [0.15, 0.2) is 90.5 Å². The third-order valence-corrected chi connectivity index (χ3v) is 9.01. The largest absolute Gasteiger partial charge is 0.402 e. The maximum atomic E-state index is 12.5. The summed E-state index contributed by atoms with van der Waals surface area (Å²) in [6, 6.07) is 17.2. The molecular formula is C32H42N6O3S2. The van der Waals surface area contributed by atoms with E-state index in [0.29, 0.717) is 24.1 Å². The molecule has 0 aliphatic rings. The van der Waals surface area contributed by atoms with Gasteiger partial charge in [-0.15, -0.1) is 10.2 Å². The third kappa shape index (κ3) is 13.3. The highest BCUT2D eigenvalue weighted by Crippen LogP contribution is 2.20. The Morgan fingerprint density at radius 1 is 0.953 bits per heavy atom. The van der Waals surface area contributed by atoms with Crippen molar-refractivity contribution in [3.05, 3.63) is 112 Å². The predicted molar refractivity (Wildman–Crippen MR) is 176 cm³/mol. The summed E-state index contributed by atoms with van der Waals surface area (Å²) in [4.78, 5) is 12.5. The van der Waals surface area contributed by atoms with Gasteiger partial charge in [-0.3, -0.25) is 4.79 Å². The summed E-state index contributed by atoms with van der Waals surface area (Å²) in [5, 5.41) is 16.1. The number of aromatic nitrogens is 2. The molecule has 0 radical (unpaired) electrons. The van der Waals surface area contributed by atoms with Crippen LogP contribution < -0.4 is 22.1 Å². The smallest absolute Gasteiger partial charge is 0.229 e. The molecule has 9 nitrogen and oxygen atoms in total. The summed E-state index contributed by atoms with van der Waals surface area (Å²) in [7, 11) is -3.17. The molecule has 230 valence electrons. The SMILES string of the molecule is C=C(Cc1ccccc1)Nc1nnc(CCCC/C(N)=C/C=C(\N)NC(=O)Cc2cccc(CS(=O)(=O)CCCC)c2)s1. The molecule has 0 spiro atoms. The maximum absolute atomic E-state index is 12.5. The number of hydrogen-bond acceptors (Lipinski definition) is 9. The molecule has 0 atom stereocenters. The van der Waals surface area contributed by atoms with Gasteiger partial charge in [0.05, 0.1) is 17.9 Å². The van der Waals surface area contributed by atoms with E-state index in [2.05, 4.69) is 39.5 Å². The zero-order valence-electron chi connectivity index (χ0n) is 24.7. The van der Waals surface area contributed by atoms with E-state index >= 15 is 0 Å². The van der Waals surface area contributed by atoms with Crippen molar-refractivity contribution in [2.24, 2.45) is 11.5 Å². The van der Waals surface area contributed by atoms with E-state index in [-0.39, 0.29) is 29.7 Å². The Bertz CT molecular complexity index is 1510. The lowest BCUT2D eigenvalue weighted by molar-refractivity contribution is -0.119. The van der Waals surface area contributed by atoms with Crippen LogP contribution in [0.25, 0.3) is 0 Å². The average molecular weight is 623 g/mol. The number of aryl methyl sites for hydroxylation is 1. The topological polar surface area (TPSA) is 153 Å². The van der Waals surface area contributed by atoms with Gasteiger partial charge in [0.2, 0.25) is 11.0 Å². The van der Waals surface area contributed by atoms with Crippen LogP contribution in [0, 0.1) is 0 Å². The van der Waals surface area contributed by atoms with Crippen molar-refractivity contribution in [1.82, 2.24) is 15.5 Å². The van der Waals surface area contributed by atoms with Crippen LogP contribution in [0.5, 0.6) is 0 Å². The fraction of sp³-hybridized carbons (Fsp3) is 0.344. The van der Waals surface area contributed by atoms with Gasteiger partial charge in [0.25, 0.3) is 0 Å². The lowest BCUT2D eigenvalue weighted by Gasteiger charge is -2.08. The molecule has 0 fully saturated rings. The summed E-state index contributed by atoms with van der Waals surface area (Å²) in [5.74, 6) is 0.0369. The summed E-state index contributed by atoms with van der Waals surface area (Å²) in [6.45, 7) is 6.05. The molecule has 0 aliphatic heterocycles. The number of sulfone groups is 1. The minimum absolute atomic E-state index is 0.0289. The molecule has 3 aromatic rings. The zero-order chi connectivity index (χ0) is 31.1. The molecule has 11 heteroatoms. The Hall–Kier alpha value is -3.96. The van der Waals surface area contributed by atoms with Crippen molar-refractivity contribution in [3.63, 3.8) is 0 Å². The normalized spacial score (nSPS) is 12.2. The van der Waals surface area contributed by atoms with E-state index in [1.807, 2.05) is 25.1 Å². The van der Waals surface area contributed by atoms with Gasteiger partial charge in [-0.05, 0) is 54.5 Å². The van der Waals surface area contributed by atoms with Crippen molar-refractivity contribution < 1.29 is 13.2 Å². The Morgan fingerprint density at radius 3 is 2.47 bits per heavy atom. The van der Waals surface area contributed by atoms with Gasteiger partial charge < -0.3 is 22.1 Å². The van der Waals surface area contributed by atoms with Gasteiger partial charge in [-0.1, -0.05) is 85.9 Å². The van der Waals surface area contributed by atoms with E-state index in [1.54, 1.807) is 36.4 Å². The first-order valence-corrected chi connectivity index (χ1v) is 17.1. The van der Waals surface area contributed by atoms with Gasteiger partial charge in [0.15, 0.2) is 9.84 Å². The fourth-order valence-electron chi connectivity index (χ4n) is 4.28. The summed E-state index contributed by atoms with van der Waals surface area (Å²) in [5.41, 5.74) is 16.2.